The van der Waals surface area contributed by atoms with Gasteiger partial charge in [0.1, 0.15) is 11.2 Å². The van der Waals surface area contributed by atoms with Crippen molar-refractivity contribution in [3.63, 3.8) is 0 Å². The molecule has 1 unspecified atom stereocenters. The molecule has 0 aliphatic carbocycles. The molecule has 1 atom stereocenters. The van der Waals surface area contributed by atoms with E-state index in [0.717, 1.165) is 27.0 Å². The third-order valence-electron chi connectivity index (χ3n) is 3.66. The van der Waals surface area contributed by atoms with E-state index in [9.17, 15) is 0 Å². The summed E-state index contributed by atoms with van der Waals surface area (Å²) >= 11 is 8.10. The van der Waals surface area contributed by atoms with Crippen LogP contribution >= 0.6 is 23.4 Å². The van der Waals surface area contributed by atoms with E-state index in [1.54, 1.807) is 11.8 Å². The monoisotopic (exact) mass is 316 g/mol. The van der Waals surface area contributed by atoms with Gasteiger partial charge in [0.05, 0.1) is 0 Å². The van der Waals surface area contributed by atoms with Gasteiger partial charge in [-0.05, 0) is 36.8 Å². The van der Waals surface area contributed by atoms with Crippen molar-refractivity contribution in [3.05, 3.63) is 52.3 Å². The zero-order valence-electron chi connectivity index (χ0n) is 11.6. The summed E-state index contributed by atoms with van der Waals surface area (Å²) in [5, 5.41) is 12.3. The first-order valence-corrected chi connectivity index (χ1v) is 7.92. The Morgan fingerprint density at radius 1 is 1.14 bits per heavy atom. The lowest BCUT2D eigenvalue weighted by atomic mass is 10.0. The lowest BCUT2D eigenvalue weighted by molar-refractivity contribution is 0.763. The number of benzene rings is 2. The quantitative estimate of drug-likeness (QED) is 0.735. The number of fused-ring (bicyclic) bond motifs is 2. The van der Waals surface area contributed by atoms with Crippen LogP contribution in [0.2, 0.25) is 5.02 Å². The molecular formula is C15H13ClN4S. The van der Waals surface area contributed by atoms with Crippen molar-refractivity contribution in [2.75, 3.05) is 5.43 Å². The van der Waals surface area contributed by atoms with Gasteiger partial charge in [0, 0.05) is 10.6 Å². The maximum atomic E-state index is 6.47. The number of hydrogen-bond acceptors (Lipinski definition) is 4. The average Bonchev–Trinajstić information content (AvgIpc) is 3.01. The van der Waals surface area contributed by atoms with Gasteiger partial charge in [0.15, 0.2) is 0 Å². The fourth-order valence-electron chi connectivity index (χ4n) is 2.56. The Kier molecular flexibility index (Phi) is 2.87. The highest BCUT2D eigenvalue weighted by Gasteiger charge is 2.28. The van der Waals surface area contributed by atoms with E-state index in [-0.39, 0.29) is 5.37 Å². The van der Waals surface area contributed by atoms with E-state index in [1.165, 1.54) is 10.9 Å². The van der Waals surface area contributed by atoms with E-state index in [2.05, 4.69) is 46.8 Å². The minimum Gasteiger partial charge on any atom is -0.304 e. The predicted octanol–water partition coefficient (Wildman–Crippen LogP) is 4.05. The SMILES string of the molecule is Cc1ccc2cc(Cl)c(C3Nn4c(C)nnc4S3)cc2c1. The molecule has 106 valence electrons. The molecule has 0 radical (unpaired) electrons. The van der Waals surface area contributed by atoms with E-state index in [0.29, 0.717) is 0 Å². The minimum absolute atomic E-state index is 0.0617. The Morgan fingerprint density at radius 3 is 2.81 bits per heavy atom. The number of aromatic nitrogens is 3. The van der Waals surface area contributed by atoms with E-state index in [1.807, 2.05) is 17.7 Å². The van der Waals surface area contributed by atoms with Gasteiger partial charge >= 0.3 is 0 Å². The first kappa shape index (κ1) is 13.0. The molecule has 1 aromatic heterocycles. The molecule has 0 saturated carbocycles. The van der Waals surface area contributed by atoms with Gasteiger partial charge in [-0.25, -0.2) is 4.68 Å². The number of nitrogens with zero attached hydrogens (tertiary/aromatic N) is 3. The third kappa shape index (κ3) is 2.08. The number of hydrogen-bond donors (Lipinski definition) is 1. The first-order valence-electron chi connectivity index (χ1n) is 6.67. The largest absolute Gasteiger partial charge is 0.304 e. The summed E-state index contributed by atoms with van der Waals surface area (Å²) in [5.74, 6) is 0.854. The second-order valence-electron chi connectivity index (χ2n) is 5.22. The standard InChI is InChI=1S/C15H13ClN4S/c1-8-3-4-10-7-13(16)12(6-11(10)5-8)14-19-20-9(2)17-18-15(20)21-14/h3-7,14,19H,1-2H3. The number of thioether (sulfide) groups is 1. The number of rotatable bonds is 1. The summed E-state index contributed by atoms with van der Waals surface area (Å²) in [6, 6.07) is 10.6. The van der Waals surface area contributed by atoms with Crippen LogP contribution in [0.3, 0.4) is 0 Å². The molecule has 0 bridgehead atoms. The van der Waals surface area contributed by atoms with Crippen molar-refractivity contribution >= 4 is 34.1 Å². The summed E-state index contributed by atoms with van der Waals surface area (Å²) in [6.45, 7) is 4.03. The van der Waals surface area contributed by atoms with Crippen LogP contribution in [0, 0.1) is 13.8 Å². The number of halogens is 1. The highest BCUT2D eigenvalue weighted by atomic mass is 35.5. The molecule has 4 rings (SSSR count). The van der Waals surface area contributed by atoms with Crippen molar-refractivity contribution < 1.29 is 0 Å². The second kappa shape index (κ2) is 4.64. The smallest absolute Gasteiger partial charge is 0.212 e. The summed E-state index contributed by atoms with van der Waals surface area (Å²) in [5.41, 5.74) is 5.71. The normalized spacial score (nSPS) is 17.0. The molecule has 2 heterocycles. The van der Waals surface area contributed by atoms with Crippen molar-refractivity contribution in [1.82, 2.24) is 14.9 Å². The van der Waals surface area contributed by atoms with Crippen molar-refractivity contribution in [3.8, 4) is 0 Å². The highest BCUT2D eigenvalue weighted by molar-refractivity contribution is 7.99. The molecule has 2 aromatic carbocycles. The molecule has 1 aliphatic rings. The Labute approximate surface area is 131 Å². The summed E-state index contributed by atoms with van der Waals surface area (Å²) in [7, 11) is 0. The van der Waals surface area contributed by atoms with Gasteiger partial charge in [-0.1, -0.05) is 47.1 Å². The lowest BCUT2D eigenvalue weighted by Gasteiger charge is -2.14. The van der Waals surface area contributed by atoms with Gasteiger partial charge in [-0.3, -0.25) is 0 Å². The van der Waals surface area contributed by atoms with E-state index < -0.39 is 0 Å². The Morgan fingerprint density at radius 2 is 2.00 bits per heavy atom. The molecule has 3 aromatic rings. The lowest BCUT2D eigenvalue weighted by Crippen LogP contribution is -2.14. The fourth-order valence-corrected chi connectivity index (χ4v) is 3.97. The molecule has 21 heavy (non-hydrogen) atoms. The molecule has 0 fully saturated rings. The van der Waals surface area contributed by atoms with Gasteiger partial charge in [0.25, 0.3) is 0 Å². The zero-order valence-corrected chi connectivity index (χ0v) is 13.2. The summed E-state index contributed by atoms with van der Waals surface area (Å²) < 4.78 is 1.91. The van der Waals surface area contributed by atoms with Gasteiger partial charge in [0.2, 0.25) is 5.16 Å². The van der Waals surface area contributed by atoms with Crippen LogP contribution in [0.25, 0.3) is 10.8 Å². The van der Waals surface area contributed by atoms with Crippen LogP contribution in [0.15, 0.2) is 35.5 Å². The molecule has 0 spiro atoms. The molecule has 1 aliphatic heterocycles. The third-order valence-corrected chi connectivity index (χ3v) is 5.06. The van der Waals surface area contributed by atoms with E-state index >= 15 is 0 Å². The molecule has 0 amide bonds. The van der Waals surface area contributed by atoms with Crippen LogP contribution < -0.4 is 5.43 Å². The van der Waals surface area contributed by atoms with Crippen LogP contribution in [-0.4, -0.2) is 14.9 Å². The average molecular weight is 317 g/mol. The Hall–Kier alpha value is -1.72. The Bertz CT molecular complexity index is 858. The number of nitrogens with one attached hydrogen (secondary N) is 1. The Balaban J connectivity index is 1.79. The maximum absolute atomic E-state index is 6.47. The fraction of sp³-hybridized carbons (Fsp3) is 0.200. The zero-order chi connectivity index (χ0) is 14.6. The predicted molar refractivity (Wildman–Crippen MR) is 86.4 cm³/mol. The van der Waals surface area contributed by atoms with Crippen LogP contribution in [0.4, 0.5) is 0 Å². The van der Waals surface area contributed by atoms with Crippen LogP contribution in [-0.2, 0) is 0 Å². The first-order chi connectivity index (χ1) is 10.1. The molecule has 0 saturated heterocycles. The minimum atomic E-state index is 0.0617. The van der Waals surface area contributed by atoms with Crippen LogP contribution in [0.1, 0.15) is 22.3 Å². The van der Waals surface area contributed by atoms with Crippen molar-refractivity contribution in [2.24, 2.45) is 0 Å². The highest BCUT2D eigenvalue weighted by Crippen LogP contribution is 2.42. The van der Waals surface area contributed by atoms with Crippen molar-refractivity contribution in [1.29, 1.82) is 0 Å². The van der Waals surface area contributed by atoms with Gasteiger partial charge < -0.3 is 5.43 Å². The van der Waals surface area contributed by atoms with Crippen molar-refractivity contribution in [2.45, 2.75) is 24.4 Å². The maximum Gasteiger partial charge on any atom is 0.212 e. The summed E-state index contributed by atoms with van der Waals surface area (Å²) in [4.78, 5) is 0. The molecular weight excluding hydrogens is 304 g/mol. The molecule has 6 heteroatoms. The number of aryl methyl sites for hydroxylation is 2. The van der Waals surface area contributed by atoms with Crippen LogP contribution in [0.5, 0.6) is 0 Å². The second-order valence-corrected chi connectivity index (χ2v) is 6.70. The molecule has 4 nitrogen and oxygen atoms in total. The van der Waals surface area contributed by atoms with Gasteiger partial charge in [-0.2, -0.15) is 0 Å². The van der Waals surface area contributed by atoms with E-state index in [4.69, 9.17) is 11.6 Å². The summed E-state index contributed by atoms with van der Waals surface area (Å²) in [6.07, 6.45) is 0. The molecule has 1 N–H and O–H groups in total. The van der Waals surface area contributed by atoms with Gasteiger partial charge in [-0.15, -0.1) is 10.2 Å². The topological polar surface area (TPSA) is 42.7 Å².